The Morgan fingerprint density at radius 2 is 1.97 bits per heavy atom. The van der Waals surface area contributed by atoms with Crippen LogP contribution in [0.15, 0.2) is 73.4 Å². The summed E-state index contributed by atoms with van der Waals surface area (Å²) >= 11 is 6.22. The van der Waals surface area contributed by atoms with Crippen LogP contribution < -0.4 is 10.5 Å². The molecule has 0 aliphatic carbocycles. The van der Waals surface area contributed by atoms with E-state index in [4.69, 9.17) is 22.1 Å². The van der Waals surface area contributed by atoms with Crippen LogP contribution in [0, 0.1) is 0 Å². The van der Waals surface area contributed by atoms with Gasteiger partial charge in [0.25, 0.3) is 0 Å². The summed E-state index contributed by atoms with van der Waals surface area (Å²) in [5.41, 5.74) is 9.73. The number of fused-ring (bicyclic) bond motifs is 1. The fourth-order valence-electron chi connectivity index (χ4n) is 3.58. The average molecular weight is 431 g/mol. The second-order valence-electron chi connectivity index (χ2n) is 7.01. The first-order chi connectivity index (χ1) is 15.2. The minimum atomic E-state index is 0.421. The van der Waals surface area contributed by atoms with Gasteiger partial charge in [-0.25, -0.2) is 15.0 Å². The molecule has 3 aromatic heterocycles. The summed E-state index contributed by atoms with van der Waals surface area (Å²) in [7, 11) is 0. The molecule has 0 aliphatic heterocycles. The van der Waals surface area contributed by atoms with E-state index >= 15 is 0 Å². The van der Waals surface area contributed by atoms with Gasteiger partial charge in [-0.2, -0.15) is 0 Å². The number of ether oxygens (including phenoxy) is 1. The Kier molecular flexibility index (Phi) is 5.01. The summed E-state index contributed by atoms with van der Waals surface area (Å²) in [4.78, 5) is 16.0. The molecule has 0 amide bonds. The molecule has 0 fully saturated rings. The molecule has 5 aromatic rings. The van der Waals surface area contributed by atoms with E-state index in [-0.39, 0.29) is 0 Å². The van der Waals surface area contributed by atoms with Crippen LogP contribution in [0.5, 0.6) is 5.75 Å². The molecule has 8 heteroatoms. The first-order valence-corrected chi connectivity index (χ1v) is 10.2. The van der Waals surface area contributed by atoms with Gasteiger partial charge in [0.05, 0.1) is 17.7 Å². The van der Waals surface area contributed by atoms with Gasteiger partial charge in [-0.15, -0.1) is 0 Å². The number of imidazole rings is 1. The third kappa shape index (κ3) is 3.83. The fraction of sp³-hybridized carbons (Fsp3) is 0.0870. The van der Waals surface area contributed by atoms with Crippen molar-refractivity contribution in [2.24, 2.45) is 0 Å². The van der Waals surface area contributed by atoms with E-state index < -0.39 is 0 Å². The maximum atomic E-state index is 6.23. The van der Waals surface area contributed by atoms with Gasteiger partial charge in [0.15, 0.2) is 5.65 Å². The molecule has 0 atom stereocenters. The zero-order chi connectivity index (χ0) is 21.2. The van der Waals surface area contributed by atoms with Gasteiger partial charge in [0, 0.05) is 41.7 Å². The lowest BCUT2D eigenvalue weighted by Gasteiger charge is -2.09. The Bertz CT molecular complexity index is 1350. The second-order valence-corrected chi connectivity index (χ2v) is 7.45. The van der Waals surface area contributed by atoms with Crippen LogP contribution in [0.4, 0.5) is 5.82 Å². The number of nitrogens with zero attached hydrogens (tertiary/aromatic N) is 4. The van der Waals surface area contributed by atoms with Crippen molar-refractivity contribution in [1.29, 1.82) is 0 Å². The van der Waals surface area contributed by atoms with Crippen LogP contribution >= 0.6 is 11.6 Å². The van der Waals surface area contributed by atoms with Gasteiger partial charge in [-0.3, -0.25) is 0 Å². The number of nitrogens with two attached hydrogens (primary N) is 1. The summed E-state index contributed by atoms with van der Waals surface area (Å²) in [6, 6.07) is 15.5. The van der Waals surface area contributed by atoms with Crippen LogP contribution in [-0.4, -0.2) is 31.1 Å². The van der Waals surface area contributed by atoms with Gasteiger partial charge in [-0.1, -0.05) is 29.8 Å². The first-order valence-electron chi connectivity index (χ1n) is 9.78. The molecule has 0 spiro atoms. The number of benzene rings is 2. The highest BCUT2D eigenvalue weighted by Crippen LogP contribution is 2.35. The number of nitrogens with one attached hydrogen (secondary N) is 1. The predicted molar refractivity (Wildman–Crippen MR) is 122 cm³/mol. The van der Waals surface area contributed by atoms with Gasteiger partial charge >= 0.3 is 0 Å². The molecule has 31 heavy (non-hydrogen) atoms. The van der Waals surface area contributed by atoms with Crippen molar-refractivity contribution < 1.29 is 4.74 Å². The maximum Gasteiger partial charge on any atom is 0.150 e. The summed E-state index contributed by atoms with van der Waals surface area (Å²) in [6.07, 6.45) is 7.71. The number of aromatic nitrogens is 5. The highest BCUT2D eigenvalue weighted by Gasteiger charge is 2.16. The van der Waals surface area contributed by atoms with E-state index in [1.165, 1.54) is 6.33 Å². The standard InChI is InChI=1S/C23H19ClN6O/c24-16-4-1-3-15(11-16)19-13-30(23-21(19)22(25)28-14-29-23)17-5-2-6-18(12-17)31-10-7-20-26-8-9-27-20/h1-6,8-9,11-14H,7,10H2,(H,26,27)(H2,25,28,29). The summed E-state index contributed by atoms with van der Waals surface area (Å²) in [6.45, 7) is 0.520. The van der Waals surface area contributed by atoms with Crippen molar-refractivity contribution in [3.05, 3.63) is 84.3 Å². The quantitative estimate of drug-likeness (QED) is 0.408. The first kappa shape index (κ1) is 19.1. The maximum absolute atomic E-state index is 6.23. The molecule has 0 saturated heterocycles. The largest absolute Gasteiger partial charge is 0.493 e. The predicted octanol–water partition coefficient (Wildman–Crippen LogP) is 4.67. The number of halogens is 1. The van der Waals surface area contributed by atoms with Gasteiger partial charge in [0.2, 0.25) is 0 Å². The Morgan fingerprint density at radius 3 is 2.81 bits per heavy atom. The second kappa shape index (κ2) is 8.12. The van der Waals surface area contributed by atoms with E-state index in [0.29, 0.717) is 23.9 Å². The Hall–Kier alpha value is -3.84. The van der Waals surface area contributed by atoms with Crippen molar-refractivity contribution in [3.8, 4) is 22.6 Å². The molecule has 0 unspecified atom stereocenters. The van der Waals surface area contributed by atoms with Crippen LogP contribution in [0.25, 0.3) is 27.8 Å². The molecule has 3 N–H and O–H groups in total. The molecule has 0 radical (unpaired) electrons. The third-order valence-electron chi connectivity index (χ3n) is 5.01. The van der Waals surface area contributed by atoms with Gasteiger partial charge < -0.3 is 20.0 Å². The number of hydrogen-bond acceptors (Lipinski definition) is 5. The van der Waals surface area contributed by atoms with Crippen LogP contribution in [0.2, 0.25) is 5.02 Å². The summed E-state index contributed by atoms with van der Waals surface area (Å²) in [5, 5.41) is 1.44. The van der Waals surface area contributed by atoms with Crippen LogP contribution in [0.3, 0.4) is 0 Å². The Balaban J connectivity index is 1.52. The minimum Gasteiger partial charge on any atom is -0.493 e. The Labute approximate surface area is 183 Å². The average Bonchev–Trinajstić information content (AvgIpc) is 3.43. The minimum absolute atomic E-state index is 0.421. The van der Waals surface area contributed by atoms with E-state index in [1.54, 1.807) is 12.4 Å². The topological polar surface area (TPSA) is 94.6 Å². The molecule has 2 aromatic carbocycles. The van der Waals surface area contributed by atoms with Gasteiger partial charge in [0.1, 0.15) is 23.7 Å². The number of hydrogen-bond donors (Lipinski definition) is 2. The number of H-pyrrole nitrogens is 1. The smallest absolute Gasteiger partial charge is 0.150 e. The number of aromatic amines is 1. The molecule has 7 nitrogen and oxygen atoms in total. The van der Waals surface area contributed by atoms with Gasteiger partial charge in [-0.05, 0) is 29.8 Å². The summed E-state index contributed by atoms with van der Waals surface area (Å²) < 4.78 is 7.93. The van der Waals surface area contributed by atoms with Crippen molar-refractivity contribution in [2.45, 2.75) is 6.42 Å². The third-order valence-corrected chi connectivity index (χ3v) is 5.24. The molecule has 3 heterocycles. The number of rotatable bonds is 6. The lowest BCUT2D eigenvalue weighted by molar-refractivity contribution is 0.319. The molecule has 154 valence electrons. The molecular formula is C23H19ClN6O. The lowest BCUT2D eigenvalue weighted by atomic mass is 10.1. The van der Waals surface area contributed by atoms with E-state index in [1.807, 2.05) is 59.3 Å². The normalized spacial score (nSPS) is 11.1. The monoisotopic (exact) mass is 430 g/mol. The zero-order valence-corrected chi connectivity index (χ0v) is 17.3. The Morgan fingerprint density at radius 1 is 1.06 bits per heavy atom. The number of nitrogen functional groups attached to an aromatic ring is 1. The molecule has 0 saturated carbocycles. The van der Waals surface area contributed by atoms with Crippen molar-refractivity contribution in [1.82, 2.24) is 24.5 Å². The van der Waals surface area contributed by atoms with Crippen molar-refractivity contribution in [2.75, 3.05) is 12.3 Å². The van der Waals surface area contributed by atoms with Crippen LogP contribution in [-0.2, 0) is 6.42 Å². The zero-order valence-electron chi connectivity index (χ0n) is 16.5. The fourth-order valence-corrected chi connectivity index (χ4v) is 3.77. The van der Waals surface area contributed by atoms with E-state index in [0.717, 1.165) is 39.4 Å². The van der Waals surface area contributed by atoms with E-state index in [9.17, 15) is 0 Å². The molecule has 5 rings (SSSR count). The van der Waals surface area contributed by atoms with Crippen molar-refractivity contribution in [3.63, 3.8) is 0 Å². The molecule has 0 bridgehead atoms. The lowest BCUT2D eigenvalue weighted by Crippen LogP contribution is -2.03. The van der Waals surface area contributed by atoms with E-state index in [2.05, 4.69) is 19.9 Å². The molecule has 0 aliphatic rings. The van der Waals surface area contributed by atoms with Crippen LogP contribution in [0.1, 0.15) is 5.82 Å². The number of anilines is 1. The summed E-state index contributed by atoms with van der Waals surface area (Å²) in [5.74, 6) is 2.08. The SMILES string of the molecule is Nc1ncnc2c1c(-c1cccc(Cl)c1)cn2-c1cccc(OCCc2ncc[nH]2)c1. The highest BCUT2D eigenvalue weighted by molar-refractivity contribution is 6.31. The molecular weight excluding hydrogens is 412 g/mol. The highest BCUT2D eigenvalue weighted by atomic mass is 35.5. The van der Waals surface area contributed by atoms with Crippen molar-refractivity contribution >= 4 is 28.5 Å².